The molecule has 210 valence electrons. The number of rotatable bonds is 8. The number of esters is 1. The zero-order valence-electron chi connectivity index (χ0n) is 23.4. The minimum atomic E-state index is -0.423. The van der Waals surface area contributed by atoms with Crippen LogP contribution in [0.15, 0.2) is 35.3 Å². The zero-order valence-corrected chi connectivity index (χ0v) is 23.4. The number of aromatic nitrogens is 1. The second kappa shape index (κ2) is 11.2. The Hall–Kier alpha value is -2.12. The largest absolute Gasteiger partial charge is 0.493 e. The van der Waals surface area contributed by atoms with Crippen molar-refractivity contribution in [2.75, 3.05) is 19.8 Å². The van der Waals surface area contributed by atoms with Crippen molar-refractivity contribution in [3.8, 4) is 5.75 Å². The third kappa shape index (κ3) is 5.21. The van der Waals surface area contributed by atoms with Crippen LogP contribution in [0.25, 0.3) is 0 Å². The molecule has 0 radical (unpaired) electrons. The quantitative estimate of drug-likeness (QED) is 0.328. The topological polar surface area (TPSA) is 76.0 Å². The zero-order chi connectivity index (χ0) is 26.9. The highest BCUT2D eigenvalue weighted by molar-refractivity contribution is 5.69. The molecule has 0 N–H and O–H groups in total. The summed E-state index contributed by atoms with van der Waals surface area (Å²) in [6, 6.07) is 3.19. The van der Waals surface area contributed by atoms with E-state index in [-0.39, 0.29) is 35.3 Å². The molecule has 0 bridgehead atoms. The molecule has 0 amide bonds. The summed E-state index contributed by atoms with van der Waals surface area (Å²) in [6.45, 7) is 12.6. The van der Waals surface area contributed by atoms with Gasteiger partial charge in [-0.3, -0.25) is 9.59 Å². The first-order valence-electron chi connectivity index (χ1n) is 14.7. The monoisotopic (exact) mass is 527 g/mol. The molecule has 3 saturated carbocycles. The van der Waals surface area contributed by atoms with Gasteiger partial charge in [-0.1, -0.05) is 38.8 Å². The van der Waals surface area contributed by atoms with Crippen molar-refractivity contribution in [1.82, 2.24) is 4.57 Å². The molecule has 0 aromatic carbocycles. The van der Waals surface area contributed by atoms with Gasteiger partial charge in [-0.05, 0) is 75.2 Å². The van der Waals surface area contributed by atoms with Crippen LogP contribution in [-0.4, -0.2) is 42.8 Å². The molecule has 5 rings (SSSR count). The summed E-state index contributed by atoms with van der Waals surface area (Å²) in [5.41, 5.74) is 1.19. The van der Waals surface area contributed by atoms with E-state index in [1.54, 1.807) is 19.2 Å². The number of fused-ring (bicyclic) bond motifs is 3. The molecule has 38 heavy (non-hydrogen) atoms. The fraction of sp³-hybridized carbons (Fsp3) is 0.742. The predicted molar refractivity (Wildman–Crippen MR) is 145 cm³/mol. The van der Waals surface area contributed by atoms with Gasteiger partial charge in [0, 0.05) is 23.6 Å². The third-order valence-electron chi connectivity index (χ3n) is 10.2. The number of nitrogens with zero attached hydrogens (tertiary/aromatic N) is 1. The smallest absolute Gasteiger partial charge is 0.326 e. The number of carbonyl (C=O) groups is 1. The summed E-state index contributed by atoms with van der Waals surface area (Å²) in [4.78, 5) is 24.2. The normalized spacial score (nSPS) is 35.4. The first kappa shape index (κ1) is 27.4. The van der Waals surface area contributed by atoms with Gasteiger partial charge < -0.3 is 23.5 Å². The van der Waals surface area contributed by atoms with Crippen molar-refractivity contribution in [3.05, 3.63) is 40.8 Å². The lowest BCUT2D eigenvalue weighted by Gasteiger charge is -2.63. The van der Waals surface area contributed by atoms with Crippen molar-refractivity contribution in [2.45, 2.75) is 97.5 Å². The van der Waals surface area contributed by atoms with Crippen molar-refractivity contribution in [1.29, 1.82) is 0 Å². The Morgan fingerprint density at radius 3 is 2.71 bits per heavy atom. The Balaban J connectivity index is 1.22. The molecular weight excluding hydrogens is 482 g/mol. The average molecular weight is 528 g/mol. The van der Waals surface area contributed by atoms with Gasteiger partial charge in [0.1, 0.15) is 12.3 Å². The van der Waals surface area contributed by atoms with Crippen molar-refractivity contribution < 1.29 is 23.7 Å². The molecule has 1 aromatic rings. The number of ether oxygens (including phenoxy) is 4. The first-order valence-corrected chi connectivity index (χ1v) is 14.7. The van der Waals surface area contributed by atoms with Crippen LogP contribution in [0, 0.1) is 28.6 Å². The molecule has 7 nitrogen and oxygen atoms in total. The highest BCUT2D eigenvalue weighted by Gasteiger charge is 2.60. The fourth-order valence-electron chi connectivity index (χ4n) is 8.21. The Labute approximate surface area is 226 Å². The molecular formula is C31H45NO6. The van der Waals surface area contributed by atoms with E-state index in [4.69, 9.17) is 18.9 Å². The van der Waals surface area contributed by atoms with Crippen molar-refractivity contribution >= 4 is 5.97 Å². The van der Waals surface area contributed by atoms with Crippen molar-refractivity contribution in [2.24, 2.45) is 28.6 Å². The summed E-state index contributed by atoms with van der Waals surface area (Å²) in [5, 5.41) is 0. The maximum Gasteiger partial charge on any atom is 0.326 e. The van der Waals surface area contributed by atoms with Gasteiger partial charge >= 0.3 is 5.97 Å². The van der Waals surface area contributed by atoms with E-state index in [1.165, 1.54) is 41.9 Å². The molecule has 1 unspecified atom stereocenters. The van der Waals surface area contributed by atoms with Gasteiger partial charge in [-0.15, -0.1) is 0 Å². The fourth-order valence-corrected chi connectivity index (χ4v) is 8.21. The second-order valence-corrected chi connectivity index (χ2v) is 12.5. The van der Waals surface area contributed by atoms with Crippen LogP contribution < -0.4 is 10.3 Å². The number of pyridine rings is 1. The highest BCUT2D eigenvalue weighted by atomic mass is 16.7. The van der Waals surface area contributed by atoms with Gasteiger partial charge in [0.2, 0.25) is 0 Å². The molecule has 1 aromatic heterocycles. The summed E-state index contributed by atoms with van der Waals surface area (Å²) >= 11 is 0. The van der Waals surface area contributed by atoms with Gasteiger partial charge in [-0.2, -0.15) is 0 Å². The molecule has 6 atom stereocenters. The second-order valence-electron chi connectivity index (χ2n) is 12.5. The Bertz CT molecular complexity index is 1080. The Kier molecular flexibility index (Phi) is 8.07. The van der Waals surface area contributed by atoms with Gasteiger partial charge in [0.25, 0.3) is 5.56 Å². The molecule has 1 aliphatic heterocycles. The maximum absolute atomic E-state index is 12.4. The van der Waals surface area contributed by atoms with Crippen LogP contribution in [0.3, 0.4) is 0 Å². The Morgan fingerprint density at radius 2 is 1.97 bits per heavy atom. The van der Waals surface area contributed by atoms with Crippen LogP contribution in [-0.2, 0) is 25.5 Å². The van der Waals surface area contributed by atoms with Crippen LogP contribution in [0.4, 0.5) is 0 Å². The van der Waals surface area contributed by atoms with E-state index in [9.17, 15) is 9.59 Å². The lowest BCUT2D eigenvalue weighted by molar-refractivity contribution is -0.316. The summed E-state index contributed by atoms with van der Waals surface area (Å²) < 4.78 is 25.5. The highest BCUT2D eigenvalue weighted by Crippen LogP contribution is 2.63. The molecule has 4 aliphatic rings. The first-order chi connectivity index (χ1) is 18.2. The number of carbonyl (C=O) groups excluding carboxylic acids is 1. The van der Waals surface area contributed by atoms with Gasteiger partial charge in [-0.25, -0.2) is 0 Å². The standard InChI is InChI=1S/C31H45NO6/c1-5-35-28(34)19-32-16-13-23(18-27(32)33)36-17-14-24-21(2)10-11-25-30(24,3)15-12-26-31(25,4)20-37-29(38-26)22-8-6-7-9-22/h13,16,18,22,24-26,29H,2,5-12,14-15,17,19-20H2,1,3-4H3/t24-,25?,26-,29-,30+,31+/m1/s1. The molecule has 7 heteroatoms. The lowest BCUT2D eigenvalue weighted by Crippen LogP contribution is -2.62. The summed E-state index contributed by atoms with van der Waals surface area (Å²) in [7, 11) is 0. The lowest BCUT2D eigenvalue weighted by atomic mass is 9.46. The van der Waals surface area contributed by atoms with Gasteiger partial charge in [0.15, 0.2) is 6.29 Å². The third-order valence-corrected chi connectivity index (χ3v) is 10.2. The molecule has 2 heterocycles. The number of hydrogen-bond acceptors (Lipinski definition) is 6. The molecule has 1 saturated heterocycles. The van der Waals surface area contributed by atoms with E-state index in [1.807, 2.05) is 0 Å². The van der Waals surface area contributed by atoms with E-state index in [0.29, 0.717) is 36.7 Å². The van der Waals surface area contributed by atoms with E-state index in [0.717, 1.165) is 38.7 Å². The van der Waals surface area contributed by atoms with E-state index in [2.05, 4.69) is 20.4 Å². The SMILES string of the molecule is C=C1CCC2[C@]3(C)CO[C@@H](C4CCCC4)O[C@@H]3CC[C@@]2(C)[C@@H]1CCOc1ccn(CC(=O)OCC)c(=O)c1. The maximum atomic E-state index is 12.4. The van der Waals surface area contributed by atoms with E-state index < -0.39 is 5.97 Å². The minimum Gasteiger partial charge on any atom is -0.493 e. The minimum absolute atomic E-state index is 0.0181. The summed E-state index contributed by atoms with van der Waals surface area (Å²) in [5.74, 6) is 1.54. The van der Waals surface area contributed by atoms with Crippen LogP contribution >= 0.6 is 0 Å². The Morgan fingerprint density at radius 1 is 1.18 bits per heavy atom. The number of hydrogen-bond donors (Lipinski definition) is 0. The van der Waals surface area contributed by atoms with Crippen LogP contribution in [0.5, 0.6) is 5.75 Å². The van der Waals surface area contributed by atoms with E-state index >= 15 is 0 Å². The van der Waals surface area contributed by atoms with Gasteiger partial charge in [0.05, 0.1) is 25.9 Å². The predicted octanol–water partition coefficient (Wildman–Crippen LogP) is 5.50. The number of allylic oxidation sites excluding steroid dienone is 1. The van der Waals surface area contributed by atoms with Crippen LogP contribution in [0.1, 0.15) is 78.6 Å². The van der Waals surface area contributed by atoms with Crippen molar-refractivity contribution in [3.63, 3.8) is 0 Å². The molecule has 4 fully saturated rings. The van der Waals surface area contributed by atoms with Crippen LogP contribution in [0.2, 0.25) is 0 Å². The molecule has 0 spiro atoms. The summed E-state index contributed by atoms with van der Waals surface area (Å²) in [6.07, 6.45) is 12.1. The molecule has 3 aliphatic carbocycles. The average Bonchev–Trinajstić information content (AvgIpc) is 3.42.